The first-order valence-corrected chi connectivity index (χ1v) is 6.71. The molecule has 0 spiro atoms. The quantitative estimate of drug-likeness (QED) is 0.915. The van der Waals surface area contributed by atoms with Gasteiger partial charge in [-0.3, -0.25) is 9.78 Å². The van der Waals surface area contributed by atoms with E-state index in [9.17, 15) is 4.79 Å². The zero-order valence-electron chi connectivity index (χ0n) is 10.5. The summed E-state index contributed by atoms with van der Waals surface area (Å²) in [5, 5.41) is 3.68. The van der Waals surface area contributed by atoms with Crippen LogP contribution in [0.3, 0.4) is 0 Å². The molecule has 98 valence electrons. The normalized spacial score (nSPS) is 17.3. The highest BCUT2D eigenvalue weighted by Crippen LogP contribution is 2.20. The number of likely N-dealkylation sites (tertiary alicyclic amines) is 1. The molecule has 1 fully saturated rings. The van der Waals surface area contributed by atoms with Crippen LogP contribution in [0.5, 0.6) is 0 Å². The number of piperidine rings is 1. The lowest BCUT2D eigenvalue weighted by Gasteiger charge is -2.29. The Hall–Kier alpha value is -1.29. The summed E-state index contributed by atoms with van der Waals surface area (Å²) in [5.41, 5.74) is 0.754. The van der Waals surface area contributed by atoms with Crippen molar-refractivity contribution in [2.45, 2.75) is 32.2 Å². The van der Waals surface area contributed by atoms with Crippen molar-refractivity contribution in [3.8, 4) is 0 Å². The predicted octanol–water partition coefficient (Wildman–Crippen LogP) is 2.55. The minimum absolute atomic E-state index is 0.141. The summed E-state index contributed by atoms with van der Waals surface area (Å²) in [4.78, 5) is 18.1. The van der Waals surface area contributed by atoms with E-state index >= 15 is 0 Å². The largest absolute Gasteiger partial charge is 0.373 e. The van der Waals surface area contributed by atoms with E-state index in [1.54, 1.807) is 18.5 Å². The van der Waals surface area contributed by atoms with Crippen LogP contribution in [0, 0.1) is 0 Å². The van der Waals surface area contributed by atoms with Gasteiger partial charge < -0.3 is 10.2 Å². The van der Waals surface area contributed by atoms with Crippen LogP contribution in [-0.2, 0) is 4.79 Å². The average Bonchev–Trinajstić information content (AvgIpc) is 2.41. The third-order valence-electron chi connectivity index (χ3n) is 3.18. The number of carbonyl (C=O) groups is 1. The number of amides is 1. The van der Waals surface area contributed by atoms with Crippen molar-refractivity contribution in [3.05, 3.63) is 23.5 Å². The molecule has 1 aromatic rings. The smallest absolute Gasteiger partial charge is 0.244 e. The number of nitrogens with zero attached hydrogens (tertiary/aromatic N) is 2. The van der Waals surface area contributed by atoms with Gasteiger partial charge in [0.15, 0.2) is 0 Å². The Bertz CT molecular complexity index is 418. The molecule has 0 bridgehead atoms. The number of hydrogen-bond acceptors (Lipinski definition) is 3. The fraction of sp³-hybridized carbons (Fsp3) is 0.538. The predicted molar refractivity (Wildman–Crippen MR) is 72.8 cm³/mol. The summed E-state index contributed by atoms with van der Waals surface area (Å²) < 4.78 is 0. The highest BCUT2D eigenvalue weighted by Gasteiger charge is 2.22. The molecule has 1 amide bonds. The minimum Gasteiger partial charge on any atom is -0.373 e. The molecule has 18 heavy (non-hydrogen) atoms. The molecule has 0 saturated carbocycles. The van der Waals surface area contributed by atoms with Crippen molar-refractivity contribution in [2.24, 2.45) is 0 Å². The molecule has 0 aromatic carbocycles. The molecule has 2 rings (SSSR count). The molecule has 1 aromatic heterocycles. The number of halogens is 1. The van der Waals surface area contributed by atoms with Crippen LogP contribution in [0.15, 0.2) is 18.5 Å². The van der Waals surface area contributed by atoms with Gasteiger partial charge in [0.25, 0.3) is 0 Å². The van der Waals surface area contributed by atoms with E-state index in [2.05, 4.69) is 10.3 Å². The van der Waals surface area contributed by atoms with Gasteiger partial charge in [-0.25, -0.2) is 0 Å². The molecular formula is C13H18ClN3O. The lowest BCUT2D eigenvalue weighted by molar-refractivity contribution is -0.132. The number of aromatic nitrogens is 1. The Morgan fingerprint density at radius 3 is 2.83 bits per heavy atom. The van der Waals surface area contributed by atoms with Gasteiger partial charge in [-0.15, -0.1) is 0 Å². The Balaban J connectivity index is 1.96. The first kappa shape index (κ1) is 13.1. The monoisotopic (exact) mass is 267 g/mol. The van der Waals surface area contributed by atoms with E-state index in [1.807, 2.05) is 11.8 Å². The van der Waals surface area contributed by atoms with Crippen molar-refractivity contribution in [1.29, 1.82) is 0 Å². The van der Waals surface area contributed by atoms with E-state index in [0.29, 0.717) is 5.02 Å². The number of hydrogen-bond donors (Lipinski definition) is 1. The molecule has 0 aliphatic carbocycles. The zero-order chi connectivity index (χ0) is 13.0. The van der Waals surface area contributed by atoms with Gasteiger partial charge in [-0.2, -0.15) is 0 Å². The van der Waals surface area contributed by atoms with Crippen LogP contribution < -0.4 is 5.32 Å². The average molecular weight is 268 g/mol. The van der Waals surface area contributed by atoms with Gasteiger partial charge in [0, 0.05) is 25.5 Å². The highest BCUT2D eigenvalue weighted by molar-refractivity contribution is 6.33. The summed E-state index contributed by atoms with van der Waals surface area (Å²) in [7, 11) is 0. The van der Waals surface area contributed by atoms with Crippen LogP contribution in [0.2, 0.25) is 5.02 Å². The molecule has 1 unspecified atom stereocenters. The second kappa shape index (κ2) is 6.05. The molecule has 1 aliphatic heterocycles. The Kier molecular flexibility index (Phi) is 4.42. The van der Waals surface area contributed by atoms with Crippen molar-refractivity contribution >= 4 is 23.2 Å². The molecule has 1 aliphatic rings. The molecule has 1 atom stereocenters. The summed E-state index contributed by atoms with van der Waals surface area (Å²) in [6.45, 7) is 3.61. The SMILES string of the molecule is CC(Nc1ccncc1Cl)C(=O)N1CCCCC1. The van der Waals surface area contributed by atoms with Crippen molar-refractivity contribution in [2.75, 3.05) is 18.4 Å². The zero-order valence-corrected chi connectivity index (χ0v) is 11.3. The lowest BCUT2D eigenvalue weighted by atomic mass is 10.1. The summed E-state index contributed by atoms with van der Waals surface area (Å²) in [6, 6.07) is 1.52. The van der Waals surface area contributed by atoms with Crippen molar-refractivity contribution in [1.82, 2.24) is 9.88 Å². The van der Waals surface area contributed by atoms with Gasteiger partial charge in [0.05, 0.1) is 10.7 Å². The molecule has 1 N–H and O–H groups in total. The second-order valence-electron chi connectivity index (χ2n) is 4.61. The summed E-state index contributed by atoms with van der Waals surface area (Å²) >= 11 is 6.01. The fourth-order valence-corrected chi connectivity index (χ4v) is 2.35. The van der Waals surface area contributed by atoms with Crippen LogP contribution in [0.1, 0.15) is 26.2 Å². The number of pyridine rings is 1. The Morgan fingerprint density at radius 1 is 1.44 bits per heavy atom. The number of anilines is 1. The maximum absolute atomic E-state index is 12.2. The van der Waals surface area contributed by atoms with Gasteiger partial charge in [-0.05, 0) is 32.3 Å². The molecule has 5 heteroatoms. The number of rotatable bonds is 3. The van der Waals surface area contributed by atoms with Gasteiger partial charge in [0.1, 0.15) is 6.04 Å². The standard InChI is InChI=1S/C13H18ClN3O/c1-10(13(18)17-7-3-2-4-8-17)16-12-5-6-15-9-11(12)14/h5-6,9-10H,2-4,7-8H2,1H3,(H,15,16). The van der Waals surface area contributed by atoms with Crippen LogP contribution in [0.4, 0.5) is 5.69 Å². The van der Waals surface area contributed by atoms with Crippen molar-refractivity contribution in [3.63, 3.8) is 0 Å². The molecule has 1 saturated heterocycles. The molecule has 0 radical (unpaired) electrons. The van der Waals surface area contributed by atoms with Crippen LogP contribution >= 0.6 is 11.6 Å². The Morgan fingerprint density at radius 2 is 2.17 bits per heavy atom. The van der Waals surface area contributed by atoms with Gasteiger partial charge >= 0.3 is 0 Å². The number of nitrogens with one attached hydrogen (secondary N) is 1. The maximum atomic E-state index is 12.2. The van der Waals surface area contributed by atoms with E-state index in [1.165, 1.54) is 6.42 Å². The molecular weight excluding hydrogens is 250 g/mol. The third-order valence-corrected chi connectivity index (χ3v) is 3.48. The first-order valence-electron chi connectivity index (χ1n) is 6.33. The van der Waals surface area contributed by atoms with E-state index in [0.717, 1.165) is 31.6 Å². The van der Waals surface area contributed by atoms with Crippen LogP contribution in [0.25, 0.3) is 0 Å². The fourth-order valence-electron chi connectivity index (χ4n) is 2.18. The van der Waals surface area contributed by atoms with Crippen LogP contribution in [-0.4, -0.2) is 34.9 Å². The molecule has 2 heterocycles. The lowest BCUT2D eigenvalue weighted by Crippen LogP contribution is -2.43. The summed E-state index contributed by atoms with van der Waals surface area (Å²) in [6.07, 6.45) is 6.67. The Labute approximate surface area is 112 Å². The van der Waals surface area contributed by atoms with E-state index < -0.39 is 0 Å². The second-order valence-corrected chi connectivity index (χ2v) is 5.01. The number of carbonyl (C=O) groups excluding carboxylic acids is 1. The first-order chi connectivity index (χ1) is 8.68. The topological polar surface area (TPSA) is 45.2 Å². The summed E-state index contributed by atoms with van der Waals surface area (Å²) in [5.74, 6) is 0.141. The van der Waals surface area contributed by atoms with E-state index in [-0.39, 0.29) is 11.9 Å². The minimum atomic E-state index is -0.261. The highest BCUT2D eigenvalue weighted by atomic mass is 35.5. The maximum Gasteiger partial charge on any atom is 0.244 e. The van der Waals surface area contributed by atoms with Gasteiger partial charge in [0.2, 0.25) is 5.91 Å². The van der Waals surface area contributed by atoms with Crippen molar-refractivity contribution < 1.29 is 4.79 Å². The third kappa shape index (κ3) is 3.13. The molecule has 4 nitrogen and oxygen atoms in total. The van der Waals surface area contributed by atoms with E-state index in [4.69, 9.17) is 11.6 Å². The van der Waals surface area contributed by atoms with Gasteiger partial charge in [-0.1, -0.05) is 11.6 Å².